The molecule has 2 heterocycles. The molecule has 1 N–H and O–H groups in total. The summed E-state index contributed by atoms with van der Waals surface area (Å²) in [5.41, 5.74) is 0. The van der Waals surface area contributed by atoms with Crippen molar-refractivity contribution in [1.82, 2.24) is 20.4 Å². The second-order valence-electron chi connectivity index (χ2n) is 5.93. The highest BCUT2D eigenvalue weighted by Gasteiger charge is 2.34. The van der Waals surface area contributed by atoms with Crippen LogP contribution < -0.4 is 5.32 Å². The number of nitrogens with one attached hydrogen (secondary N) is 1. The van der Waals surface area contributed by atoms with Crippen LogP contribution in [0.5, 0.6) is 0 Å². The van der Waals surface area contributed by atoms with Crippen molar-refractivity contribution in [3.8, 4) is 0 Å². The lowest BCUT2D eigenvalue weighted by molar-refractivity contribution is -0.120. The average Bonchev–Trinajstić information content (AvgIpc) is 3.22. The molecule has 2 fully saturated rings. The number of carbonyl (C=O) groups is 1. The number of amides is 1. The molecule has 0 spiro atoms. The number of hydrogen-bond donors (Lipinski definition) is 1. The van der Waals surface area contributed by atoms with E-state index in [9.17, 15) is 4.79 Å². The summed E-state index contributed by atoms with van der Waals surface area (Å²) in [5.74, 6) is 2.82. The van der Waals surface area contributed by atoms with Crippen LogP contribution in [-0.4, -0.2) is 41.1 Å². The normalized spacial score (nSPS) is 23.8. The molecule has 1 amide bonds. The Morgan fingerprint density at radius 1 is 1.40 bits per heavy atom. The Labute approximate surface area is 118 Å². The van der Waals surface area contributed by atoms with Gasteiger partial charge in [0.05, 0.1) is 13.0 Å². The van der Waals surface area contributed by atoms with E-state index in [0.29, 0.717) is 18.3 Å². The first-order valence-corrected chi connectivity index (χ1v) is 7.49. The first-order chi connectivity index (χ1) is 9.74. The number of rotatable bonds is 5. The van der Waals surface area contributed by atoms with Gasteiger partial charge < -0.3 is 9.84 Å². The van der Waals surface area contributed by atoms with E-state index < -0.39 is 0 Å². The van der Waals surface area contributed by atoms with Crippen molar-refractivity contribution in [2.45, 2.75) is 38.6 Å². The van der Waals surface area contributed by atoms with Crippen molar-refractivity contribution in [2.24, 2.45) is 11.8 Å². The second-order valence-corrected chi connectivity index (χ2v) is 5.93. The summed E-state index contributed by atoms with van der Waals surface area (Å²) < 4.78 is 5.24. The van der Waals surface area contributed by atoms with Gasteiger partial charge in [0.2, 0.25) is 11.8 Å². The molecule has 1 aliphatic heterocycles. The molecule has 3 rings (SSSR count). The van der Waals surface area contributed by atoms with Gasteiger partial charge in [0, 0.05) is 13.6 Å². The minimum Gasteiger partial charge on any atom is -0.359 e. The summed E-state index contributed by atoms with van der Waals surface area (Å²) in [5, 5.41) is 6.42. The van der Waals surface area contributed by atoms with Gasteiger partial charge in [0.15, 0.2) is 5.82 Å². The molecule has 0 bridgehead atoms. The van der Waals surface area contributed by atoms with Crippen LogP contribution in [0.25, 0.3) is 0 Å². The quantitative estimate of drug-likeness (QED) is 0.869. The molecular weight excluding hydrogens is 256 g/mol. The number of hydrogen-bond acceptors (Lipinski definition) is 5. The minimum atomic E-state index is -0.0934. The molecule has 1 aromatic rings. The Balaban J connectivity index is 1.53. The van der Waals surface area contributed by atoms with Crippen molar-refractivity contribution < 1.29 is 9.32 Å². The maximum Gasteiger partial charge on any atom is 0.240 e. The molecule has 1 saturated heterocycles. The smallest absolute Gasteiger partial charge is 0.240 e. The third-order valence-corrected chi connectivity index (χ3v) is 4.30. The van der Waals surface area contributed by atoms with E-state index in [2.05, 4.69) is 20.4 Å². The van der Waals surface area contributed by atoms with Gasteiger partial charge in [-0.2, -0.15) is 4.98 Å². The van der Waals surface area contributed by atoms with Crippen molar-refractivity contribution in [3.05, 3.63) is 11.7 Å². The number of carbonyl (C=O) groups excluding carboxylic acids is 1. The van der Waals surface area contributed by atoms with Crippen LogP contribution in [0.3, 0.4) is 0 Å². The summed E-state index contributed by atoms with van der Waals surface area (Å²) >= 11 is 0. The zero-order chi connectivity index (χ0) is 13.9. The monoisotopic (exact) mass is 278 g/mol. The van der Waals surface area contributed by atoms with Gasteiger partial charge in [-0.3, -0.25) is 9.69 Å². The summed E-state index contributed by atoms with van der Waals surface area (Å²) in [7, 11) is 1.61. The third kappa shape index (κ3) is 3.36. The van der Waals surface area contributed by atoms with Gasteiger partial charge >= 0.3 is 0 Å². The Bertz CT molecular complexity index is 469. The zero-order valence-corrected chi connectivity index (χ0v) is 12.0. The van der Waals surface area contributed by atoms with Crippen LogP contribution in [0.1, 0.15) is 37.4 Å². The number of likely N-dealkylation sites (N-methyl/N-ethyl adjacent to an activating group) is 1. The topological polar surface area (TPSA) is 71.3 Å². The third-order valence-electron chi connectivity index (χ3n) is 4.30. The average molecular weight is 278 g/mol. The van der Waals surface area contributed by atoms with Crippen LogP contribution in [0.4, 0.5) is 0 Å². The molecule has 1 atom stereocenters. The summed E-state index contributed by atoms with van der Waals surface area (Å²) in [6, 6.07) is 0. The second kappa shape index (κ2) is 5.91. The summed E-state index contributed by atoms with van der Waals surface area (Å²) in [6.45, 7) is 2.97. The fourth-order valence-corrected chi connectivity index (χ4v) is 3.04. The van der Waals surface area contributed by atoms with Crippen LogP contribution in [0.2, 0.25) is 0 Å². The van der Waals surface area contributed by atoms with Crippen molar-refractivity contribution in [1.29, 1.82) is 0 Å². The molecule has 0 radical (unpaired) electrons. The molecule has 6 nitrogen and oxygen atoms in total. The van der Waals surface area contributed by atoms with E-state index in [4.69, 9.17) is 4.52 Å². The van der Waals surface area contributed by atoms with Gasteiger partial charge in [-0.05, 0) is 44.1 Å². The lowest BCUT2D eigenvalue weighted by atomic mass is 9.93. The SMILES string of the molecule is CNC(=O)Cc1noc(CN2CCCC(C3CC3)C2)n1. The van der Waals surface area contributed by atoms with Crippen molar-refractivity contribution in [2.75, 3.05) is 20.1 Å². The van der Waals surface area contributed by atoms with Gasteiger partial charge in [-0.15, -0.1) is 0 Å². The van der Waals surface area contributed by atoms with Gasteiger partial charge in [0.1, 0.15) is 0 Å². The molecule has 2 aliphatic rings. The van der Waals surface area contributed by atoms with Gasteiger partial charge in [0.25, 0.3) is 0 Å². The Morgan fingerprint density at radius 2 is 2.25 bits per heavy atom. The molecule has 1 aliphatic carbocycles. The maximum absolute atomic E-state index is 11.3. The highest BCUT2D eigenvalue weighted by molar-refractivity contribution is 5.77. The predicted octanol–water partition coefficient (Wildman–Crippen LogP) is 0.980. The standard InChI is InChI=1S/C14H22N4O2/c1-15-13(19)7-12-16-14(20-17-12)9-18-6-2-3-11(8-18)10-4-5-10/h10-11H,2-9H2,1H3,(H,15,19). The Kier molecular flexibility index (Phi) is 4.00. The summed E-state index contributed by atoms with van der Waals surface area (Å²) in [4.78, 5) is 18.0. The molecule has 110 valence electrons. The highest BCUT2D eigenvalue weighted by atomic mass is 16.5. The van der Waals surface area contributed by atoms with E-state index in [1.807, 2.05) is 0 Å². The van der Waals surface area contributed by atoms with Crippen LogP contribution in [-0.2, 0) is 17.8 Å². The Morgan fingerprint density at radius 3 is 3.00 bits per heavy atom. The van der Waals surface area contributed by atoms with E-state index >= 15 is 0 Å². The molecule has 6 heteroatoms. The first kappa shape index (κ1) is 13.5. The summed E-state index contributed by atoms with van der Waals surface area (Å²) in [6.07, 6.45) is 5.64. The van der Waals surface area contributed by atoms with E-state index in [-0.39, 0.29) is 12.3 Å². The fraction of sp³-hybridized carbons (Fsp3) is 0.786. The fourth-order valence-electron chi connectivity index (χ4n) is 3.04. The molecule has 20 heavy (non-hydrogen) atoms. The molecule has 1 unspecified atom stereocenters. The van der Waals surface area contributed by atoms with E-state index in [1.165, 1.54) is 25.7 Å². The van der Waals surface area contributed by atoms with Gasteiger partial charge in [-0.1, -0.05) is 5.16 Å². The highest BCUT2D eigenvalue weighted by Crippen LogP contribution is 2.41. The van der Waals surface area contributed by atoms with E-state index in [1.54, 1.807) is 7.05 Å². The first-order valence-electron chi connectivity index (χ1n) is 7.49. The molecular formula is C14H22N4O2. The predicted molar refractivity (Wildman–Crippen MR) is 72.8 cm³/mol. The number of likely N-dealkylation sites (tertiary alicyclic amines) is 1. The zero-order valence-electron chi connectivity index (χ0n) is 12.0. The number of piperidine rings is 1. The minimum absolute atomic E-state index is 0.0934. The molecule has 1 aromatic heterocycles. The van der Waals surface area contributed by atoms with Crippen molar-refractivity contribution in [3.63, 3.8) is 0 Å². The van der Waals surface area contributed by atoms with Crippen LogP contribution in [0, 0.1) is 11.8 Å². The Hall–Kier alpha value is -1.43. The van der Waals surface area contributed by atoms with Crippen molar-refractivity contribution >= 4 is 5.91 Å². The molecule has 0 aromatic carbocycles. The molecule has 1 saturated carbocycles. The van der Waals surface area contributed by atoms with E-state index in [0.717, 1.165) is 24.9 Å². The number of aromatic nitrogens is 2. The van der Waals surface area contributed by atoms with Gasteiger partial charge in [-0.25, -0.2) is 0 Å². The van der Waals surface area contributed by atoms with Crippen LogP contribution >= 0.6 is 0 Å². The lowest BCUT2D eigenvalue weighted by Gasteiger charge is -2.31. The largest absolute Gasteiger partial charge is 0.359 e. The maximum atomic E-state index is 11.3. The number of nitrogens with zero attached hydrogens (tertiary/aromatic N) is 3. The lowest BCUT2D eigenvalue weighted by Crippen LogP contribution is -2.35. The van der Waals surface area contributed by atoms with Crippen LogP contribution in [0.15, 0.2) is 4.52 Å².